The van der Waals surface area contributed by atoms with Crippen molar-refractivity contribution < 1.29 is 14.2 Å². The van der Waals surface area contributed by atoms with E-state index in [1.54, 1.807) is 7.11 Å². The summed E-state index contributed by atoms with van der Waals surface area (Å²) >= 11 is 0. The van der Waals surface area contributed by atoms with E-state index in [1.807, 2.05) is 18.2 Å². The Morgan fingerprint density at radius 2 is 2.00 bits per heavy atom. The molecule has 0 saturated heterocycles. The third-order valence-corrected chi connectivity index (χ3v) is 3.67. The number of benzene rings is 1. The van der Waals surface area contributed by atoms with Crippen LogP contribution in [0.5, 0.6) is 11.5 Å². The molecular formula is C14H18O3. The van der Waals surface area contributed by atoms with E-state index in [0.29, 0.717) is 6.61 Å². The predicted octanol–water partition coefficient (Wildman–Crippen LogP) is 3.26. The van der Waals surface area contributed by atoms with Crippen molar-refractivity contribution in [2.24, 2.45) is 0 Å². The molecule has 3 rings (SSSR count). The van der Waals surface area contributed by atoms with Gasteiger partial charge in [0.2, 0.25) is 5.79 Å². The van der Waals surface area contributed by atoms with Crippen molar-refractivity contribution in [2.45, 2.75) is 44.5 Å². The highest BCUT2D eigenvalue weighted by atomic mass is 16.7. The molecule has 0 bridgehead atoms. The monoisotopic (exact) mass is 234 g/mol. The summed E-state index contributed by atoms with van der Waals surface area (Å²) in [6.07, 6.45) is 5.64. The Hall–Kier alpha value is -1.22. The van der Waals surface area contributed by atoms with E-state index in [-0.39, 0.29) is 5.79 Å². The molecule has 0 atom stereocenters. The molecule has 0 N–H and O–H groups in total. The maximum absolute atomic E-state index is 6.14. The topological polar surface area (TPSA) is 27.7 Å². The fraction of sp³-hybridized carbons (Fsp3) is 0.571. The first-order chi connectivity index (χ1) is 8.33. The molecule has 0 aromatic heterocycles. The van der Waals surface area contributed by atoms with Crippen molar-refractivity contribution in [3.63, 3.8) is 0 Å². The number of ether oxygens (including phenoxy) is 3. The van der Waals surface area contributed by atoms with Gasteiger partial charge in [-0.25, -0.2) is 0 Å². The highest BCUT2D eigenvalue weighted by Gasteiger charge is 2.39. The van der Waals surface area contributed by atoms with Crippen LogP contribution in [0.2, 0.25) is 0 Å². The molecule has 0 amide bonds. The lowest BCUT2D eigenvalue weighted by Crippen LogP contribution is -2.43. The smallest absolute Gasteiger partial charge is 0.211 e. The predicted molar refractivity (Wildman–Crippen MR) is 64.2 cm³/mol. The molecule has 2 aliphatic rings. The number of methoxy groups -OCH3 is 1. The molecule has 92 valence electrons. The second kappa shape index (κ2) is 4.22. The molecule has 3 nitrogen and oxygen atoms in total. The van der Waals surface area contributed by atoms with Crippen LogP contribution in [0.25, 0.3) is 0 Å². The van der Waals surface area contributed by atoms with Crippen LogP contribution >= 0.6 is 0 Å². The number of rotatable bonds is 1. The van der Waals surface area contributed by atoms with Gasteiger partial charge < -0.3 is 14.2 Å². The van der Waals surface area contributed by atoms with Crippen molar-refractivity contribution in [3.05, 3.63) is 23.8 Å². The normalized spacial score (nSPS) is 21.7. The van der Waals surface area contributed by atoms with Crippen LogP contribution < -0.4 is 9.47 Å². The van der Waals surface area contributed by atoms with Crippen molar-refractivity contribution in [1.82, 2.24) is 0 Å². The summed E-state index contributed by atoms with van der Waals surface area (Å²) in [6.45, 7) is 0.631. The Kier molecular flexibility index (Phi) is 2.71. The van der Waals surface area contributed by atoms with E-state index >= 15 is 0 Å². The average molecular weight is 234 g/mol. The van der Waals surface area contributed by atoms with Crippen LogP contribution in [-0.4, -0.2) is 12.9 Å². The van der Waals surface area contributed by atoms with Gasteiger partial charge in [0.1, 0.15) is 0 Å². The highest BCUT2D eigenvalue weighted by molar-refractivity contribution is 5.47. The summed E-state index contributed by atoms with van der Waals surface area (Å²) in [5.41, 5.74) is 1.08. The highest BCUT2D eigenvalue weighted by Crippen LogP contribution is 2.43. The molecule has 1 aliphatic heterocycles. The maximum atomic E-state index is 6.14. The standard InChI is InChI=1S/C14H18O3/c1-15-12-7-5-6-11-10-16-14(17-13(11)12)8-3-2-4-9-14/h5-7H,2-4,8-10H2,1H3. The summed E-state index contributed by atoms with van der Waals surface area (Å²) < 4.78 is 17.5. The Labute approximate surface area is 102 Å². The molecule has 0 radical (unpaired) electrons. The van der Waals surface area contributed by atoms with Gasteiger partial charge in [-0.05, 0) is 18.9 Å². The van der Waals surface area contributed by atoms with Gasteiger partial charge in [-0.15, -0.1) is 0 Å². The number of fused-ring (bicyclic) bond motifs is 1. The summed E-state index contributed by atoms with van der Waals surface area (Å²) in [5.74, 6) is 1.30. The zero-order valence-electron chi connectivity index (χ0n) is 10.2. The molecule has 1 saturated carbocycles. The fourth-order valence-corrected chi connectivity index (χ4v) is 2.71. The Bertz CT molecular complexity index is 394. The number of hydrogen-bond donors (Lipinski definition) is 0. The molecule has 1 aliphatic carbocycles. The third-order valence-electron chi connectivity index (χ3n) is 3.67. The fourth-order valence-electron chi connectivity index (χ4n) is 2.71. The van der Waals surface area contributed by atoms with E-state index < -0.39 is 0 Å². The Balaban J connectivity index is 1.93. The second-order valence-corrected chi connectivity index (χ2v) is 4.81. The van der Waals surface area contributed by atoms with Crippen LogP contribution in [-0.2, 0) is 11.3 Å². The van der Waals surface area contributed by atoms with E-state index in [4.69, 9.17) is 14.2 Å². The van der Waals surface area contributed by atoms with Gasteiger partial charge in [0.25, 0.3) is 0 Å². The lowest BCUT2D eigenvalue weighted by Gasteiger charge is -2.41. The van der Waals surface area contributed by atoms with Gasteiger partial charge in [-0.3, -0.25) is 0 Å². The molecule has 17 heavy (non-hydrogen) atoms. The van der Waals surface area contributed by atoms with Gasteiger partial charge in [0, 0.05) is 18.4 Å². The summed E-state index contributed by atoms with van der Waals surface area (Å²) in [5, 5.41) is 0. The van der Waals surface area contributed by atoms with E-state index in [0.717, 1.165) is 29.9 Å². The van der Waals surface area contributed by atoms with E-state index in [9.17, 15) is 0 Å². The van der Waals surface area contributed by atoms with Crippen molar-refractivity contribution in [3.8, 4) is 11.5 Å². The van der Waals surface area contributed by atoms with Gasteiger partial charge in [-0.2, -0.15) is 0 Å². The third kappa shape index (κ3) is 1.89. The van der Waals surface area contributed by atoms with Crippen molar-refractivity contribution in [2.75, 3.05) is 7.11 Å². The largest absolute Gasteiger partial charge is 0.493 e. The van der Waals surface area contributed by atoms with Crippen LogP contribution in [0.15, 0.2) is 18.2 Å². The summed E-state index contributed by atoms with van der Waals surface area (Å²) in [4.78, 5) is 0. The molecule has 1 spiro atoms. The van der Waals surface area contributed by atoms with E-state index in [2.05, 4.69) is 0 Å². The lowest BCUT2D eigenvalue weighted by molar-refractivity contribution is -0.222. The first kappa shape index (κ1) is 10.9. The van der Waals surface area contributed by atoms with Gasteiger partial charge >= 0.3 is 0 Å². The maximum Gasteiger partial charge on any atom is 0.211 e. The van der Waals surface area contributed by atoms with Gasteiger partial charge in [-0.1, -0.05) is 18.6 Å². The minimum Gasteiger partial charge on any atom is -0.493 e. The Morgan fingerprint density at radius 1 is 1.18 bits per heavy atom. The lowest BCUT2D eigenvalue weighted by atomic mass is 9.93. The molecule has 1 aromatic rings. The van der Waals surface area contributed by atoms with Crippen LogP contribution in [0.1, 0.15) is 37.7 Å². The van der Waals surface area contributed by atoms with Crippen molar-refractivity contribution >= 4 is 0 Å². The zero-order valence-corrected chi connectivity index (χ0v) is 10.2. The van der Waals surface area contributed by atoms with E-state index in [1.165, 1.54) is 19.3 Å². The molecule has 1 aromatic carbocycles. The number of hydrogen-bond acceptors (Lipinski definition) is 3. The molecule has 1 heterocycles. The van der Waals surface area contributed by atoms with Crippen LogP contribution in [0, 0.1) is 0 Å². The molecular weight excluding hydrogens is 216 g/mol. The van der Waals surface area contributed by atoms with Crippen molar-refractivity contribution in [1.29, 1.82) is 0 Å². The number of para-hydroxylation sites is 1. The van der Waals surface area contributed by atoms with Gasteiger partial charge in [0.05, 0.1) is 13.7 Å². The molecule has 3 heteroatoms. The molecule has 0 unspecified atom stereocenters. The quantitative estimate of drug-likeness (QED) is 0.746. The first-order valence-electron chi connectivity index (χ1n) is 6.32. The minimum absolute atomic E-state index is 0.389. The summed E-state index contributed by atoms with van der Waals surface area (Å²) in [7, 11) is 1.68. The van der Waals surface area contributed by atoms with Gasteiger partial charge in [0.15, 0.2) is 11.5 Å². The van der Waals surface area contributed by atoms with Crippen LogP contribution in [0.3, 0.4) is 0 Å². The zero-order chi connectivity index (χ0) is 11.7. The average Bonchev–Trinajstić information content (AvgIpc) is 2.39. The molecule has 1 fully saturated rings. The first-order valence-corrected chi connectivity index (χ1v) is 6.32. The van der Waals surface area contributed by atoms with Crippen LogP contribution in [0.4, 0.5) is 0 Å². The summed E-state index contributed by atoms with van der Waals surface area (Å²) in [6, 6.07) is 5.96. The minimum atomic E-state index is -0.389. The SMILES string of the molecule is COc1cccc2c1OC1(CCCCC1)OC2. The second-order valence-electron chi connectivity index (χ2n) is 4.81. The Morgan fingerprint density at radius 3 is 2.76 bits per heavy atom.